The lowest BCUT2D eigenvalue weighted by Gasteiger charge is -2.43. The van der Waals surface area contributed by atoms with Gasteiger partial charge in [0, 0.05) is 28.7 Å². The van der Waals surface area contributed by atoms with Crippen LogP contribution in [0.5, 0.6) is 0 Å². The highest BCUT2D eigenvalue weighted by Crippen LogP contribution is 2.39. The van der Waals surface area contributed by atoms with Gasteiger partial charge in [0.1, 0.15) is 11.6 Å². The molecule has 1 aromatic heterocycles. The predicted octanol–water partition coefficient (Wildman–Crippen LogP) is 3.42. The van der Waals surface area contributed by atoms with Crippen molar-refractivity contribution in [2.24, 2.45) is 0 Å². The minimum absolute atomic E-state index is 0.282. The fourth-order valence-corrected chi connectivity index (χ4v) is 3.49. The van der Waals surface area contributed by atoms with Gasteiger partial charge in [-0.15, -0.1) is 11.3 Å². The molecule has 6 heteroatoms. The molecular formula is C16H18F2N2OS. The van der Waals surface area contributed by atoms with E-state index in [0.29, 0.717) is 12.2 Å². The third kappa shape index (κ3) is 2.74. The van der Waals surface area contributed by atoms with Crippen LogP contribution in [0.3, 0.4) is 0 Å². The van der Waals surface area contributed by atoms with Crippen LogP contribution in [0.15, 0.2) is 29.6 Å². The Bertz CT molecular complexity index is 673. The van der Waals surface area contributed by atoms with E-state index >= 15 is 0 Å². The highest BCUT2D eigenvalue weighted by molar-refractivity contribution is 7.09. The number of benzene rings is 1. The van der Waals surface area contributed by atoms with Crippen LogP contribution in [0, 0.1) is 11.6 Å². The Morgan fingerprint density at radius 3 is 2.82 bits per heavy atom. The molecule has 0 bridgehead atoms. The molecule has 0 aliphatic carbocycles. The molecular weight excluding hydrogens is 306 g/mol. The molecule has 0 amide bonds. The summed E-state index contributed by atoms with van der Waals surface area (Å²) < 4.78 is 27.7. The van der Waals surface area contributed by atoms with Gasteiger partial charge >= 0.3 is 0 Å². The zero-order valence-corrected chi connectivity index (χ0v) is 13.2. The summed E-state index contributed by atoms with van der Waals surface area (Å²) in [5.74, 6) is -1.28. The zero-order chi connectivity index (χ0) is 15.9. The van der Waals surface area contributed by atoms with Crippen molar-refractivity contribution in [1.82, 2.24) is 5.32 Å². The second-order valence-corrected chi connectivity index (χ2v) is 7.11. The van der Waals surface area contributed by atoms with Crippen molar-refractivity contribution >= 4 is 17.0 Å². The van der Waals surface area contributed by atoms with Gasteiger partial charge < -0.3 is 15.7 Å². The van der Waals surface area contributed by atoms with Gasteiger partial charge in [0.15, 0.2) is 0 Å². The molecule has 1 aliphatic heterocycles. The normalized spacial score (nSPS) is 23.0. The minimum atomic E-state index is -0.847. The van der Waals surface area contributed by atoms with E-state index in [1.807, 2.05) is 31.4 Å². The number of aliphatic hydroxyl groups is 1. The van der Waals surface area contributed by atoms with Gasteiger partial charge in [-0.3, -0.25) is 0 Å². The van der Waals surface area contributed by atoms with Crippen LogP contribution in [0.1, 0.15) is 30.3 Å². The third-order valence-electron chi connectivity index (χ3n) is 3.99. The highest BCUT2D eigenvalue weighted by atomic mass is 32.1. The lowest BCUT2D eigenvalue weighted by atomic mass is 9.82. The SMILES string of the molecule is CC1(C)Nc2cc(F)cc(F)c2C(NCc2cccs2)[C@H]1O. The van der Waals surface area contributed by atoms with Crippen molar-refractivity contribution in [3.8, 4) is 0 Å². The standard InChI is InChI=1S/C16H18F2N2OS/c1-16(2)15(21)14(19-8-10-4-3-5-22-10)13-11(18)6-9(17)7-12(13)20-16/h3-7,14-15,19-21H,8H2,1-2H3/t14?,15-/m1/s1. The van der Waals surface area contributed by atoms with Gasteiger partial charge in [-0.2, -0.15) is 0 Å². The Labute approximate surface area is 132 Å². The van der Waals surface area contributed by atoms with E-state index < -0.39 is 29.3 Å². The topological polar surface area (TPSA) is 44.3 Å². The quantitative estimate of drug-likeness (QED) is 0.810. The number of halogens is 2. The number of rotatable bonds is 3. The van der Waals surface area contributed by atoms with Gasteiger partial charge in [0.25, 0.3) is 0 Å². The van der Waals surface area contributed by atoms with Crippen LogP contribution in [-0.2, 0) is 6.54 Å². The highest BCUT2D eigenvalue weighted by Gasteiger charge is 2.42. The molecule has 0 saturated carbocycles. The molecule has 0 saturated heterocycles. The molecule has 0 radical (unpaired) electrons. The average molecular weight is 324 g/mol. The van der Waals surface area contributed by atoms with Gasteiger partial charge in [-0.1, -0.05) is 6.07 Å². The summed E-state index contributed by atoms with van der Waals surface area (Å²) in [7, 11) is 0. The summed E-state index contributed by atoms with van der Waals surface area (Å²) in [6.45, 7) is 4.14. The van der Waals surface area contributed by atoms with Gasteiger partial charge in [-0.25, -0.2) is 8.78 Å². The summed E-state index contributed by atoms with van der Waals surface area (Å²) in [5, 5.41) is 18.8. The van der Waals surface area contributed by atoms with Crippen LogP contribution in [0.2, 0.25) is 0 Å². The molecule has 2 atom stereocenters. The van der Waals surface area contributed by atoms with Crippen LogP contribution in [0.4, 0.5) is 14.5 Å². The maximum absolute atomic E-state index is 14.2. The van der Waals surface area contributed by atoms with E-state index in [9.17, 15) is 13.9 Å². The van der Waals surface area contributed by atoms with Gasteiger partial charge in [0.05, 0.1) is 17.7 Å². The molecule has 0 fully saturated rings. The first-order chi connectivity index (χ1) is 10.4. The molecule has 3 nitrogen and oxygen atoms in total. The summed E-state index contributed by atoms with van der Waals surface area (Å²) in [5.41, 5.74) is -0.0263. The van der Waals surface area contributed by atoms with E-state index in [1.165, 1.54) is 6.07 Å². The monoisotopic (exact) mass is 324 g/mol. The molecule has 0 spiro atoms. The van der Waals surface area contributed by atoms with E-state index in [4.69, 9.17) is 0 Å². The van der Waals surface area contributed by atoms with Crippen molar-refractivity contribution in [3.63, 3.8) is 0 Å². The molecule has 118 valence electrons. The van der Waals surface area contributed by atoms with Gasteiger partial charge in [0.2, 0.25) is 0 Å². The molecule has 2 aromatic rings. The van der Waals surface area contributed by atoms with Crippen LogP contribution in [-0.4, -0.2) is 16.7 Å². The Morgan fingerprint density at radius 1 is 1.36 bits per heavy atom. The summed E-state index contributed by atoms with van der Waals surface area (Å²) in [6.07, 6.45) is -0.847. The molecule has 3 N–H and O–H groups in total. The summed E-state index contributed by atoms with van der Waals surface area (Å²) in [4.78, 5) is 1.09. The number of thiophene rings is 1. The molecule has 3 rings (SSSR count). The molecule has 1 unspecified atom stereocenters. The zero-order valence-electron chi connectivity index (χ0n) is 12.4. The number of nitrogens with one attached hydrogen (secondary N) is 2. The van der Waals surface area contributed by atoms with E-state index in [2.05, 4.69) is 10.6 Å². The average Bonchev–Trinajstić information content (AvgIpc) is 2.92. The smallest absolute Gasteiger partial charge is 0.133 e. The third-order valence-corrected chi connectivity index (χ3v) is 4.87. The number of aliphatic hydroxyl groups excluding tert-OH is 1. The number of fused-ring (bicyclic) bond motifs is 1. The Morgan fingerprint density at radius 2 is 2.14 bits per heavy atom. The summed E-state index contributed by atoms with van der Waals surface area (Å²) in [6, 6.07) is 5.43. The van der Waals surface area contributed by atoms with E-state index in [1.54, 1.807) is 11.3 Å². The van der Waals surface area contributed by atoms with E-state index in [-0.39, 0.29) is 5.56 Å². The van der Waals surface area contributed by atoms with Crippen molar-refractivity contribution in [2.45, 2.75) is 38.1 Å². The second-order valence-electron chi connectivity index (χ2n) is 6.08. The predicted molar refractivity (Wildman–Crippen MR) is 84.0 cm³/mol. The first-order valence-electron chi connectivity index (χ1n) is 7.09. The molecule has 1 aromatic carbocycles. The van der Waals surface area contributed by atoms with Gasteiger partial charge in [-0.05, 0) is 31.4 Å². The van der Waals surface area contributed by atoms with Crippen molar-refractivity contribution in [3.05, 3.63) is 51.7 Å². The molecule has 2 heterocycles. The van der Waals surface area contributed by atoms with E-state index in [0.717, 1.165) is 10.9 Å². The Kier molecular flexibility index (Phi) is 3.92. The minimum Gasteiger partial charge on any atom is -0.389 e. The Balaban J connectivity index is 1.96. The first kappa shape index (κ1) is 15.4. The van der Waals surface area contributed by atoms with Crippen LogP contribution < -0.4 is 10.6 Å². The number of hydrogen-bond acceptors (Lipinski definition) is 4. The maximum atomic E-state index is 14.2. The lowest BCUT2D eigenvalue weighted by molar-refractivity contribution is 0.0663. The van der Waals surface area contributed by atoms with Crippen molar-refractivity contribution in [1.29, 1.82) is 0 Å². The van der Waals surface area contributed by atoms with Crippen molar-refractivity contribution < 1.29 is 13.9 Å². The molecule has 1 aliphatic rings. The molecule has 22 heavy (non-hydrogen) atoms. The maximum Gasteiger partial charge on any atom is 0.133 e. The van der Waals surface area contributed by atoms with Crippen LogP contribution >= 0.6 is 11.3 Å². The Hall–Kier alpha value is -1.50. The lowest BCUT2D eigenvalue weighted by Crippen LogP contribution is -2.54. The number of hydrogen-bond donors (Lipinski definition) is 3. The fraction of sp³-hybridized carbons (Fsp3) is 0.375. The number of anilines is 1. The second kappa shape index (κ2) is 5.61. The summed E-state index contributed by atoms with van der Waals surface area (Å²) >= 11 is 1.59. The first-order valence-corrected chi connectivity index (χ1v) is 7.97. The van der Waals surface area contributed by atoms with Crippen LogP contribution in [0.25, 0.3) is 0 Å². The fourth-order valence-electron chi connectivity index (χ4n) is 2.84. The largest absolute Gasteiger partial charge is 0.389 e. The van der Waals surface area contributed by atoms with Crippen molar-refractivity contribution in [2.75, 3.05) is 5.32 Å².